The monoisotopic (exact) mass is 148 g/mol. The van der Waals surface area contributed by atoms with E-state index < -0.39 is 11.8 Å². The summed E-state index contributed by atoms with van der Waals surface area (Å²) in [6.45, 7) is 0.320. The van der Waals surface area contributed by atoms with E-state index in [0.29, 0.717) is 13.3 Å². The third kappa shape index (κ3) is 1.28. The van der Waals surface area contributed by atoms with Gasteiger partial charge in [0.2, 0.25) is 0 Å². The topological polar surface area (TPSA) is 87.7 Å². The zero-order valence-electron chi connectivity index (χ0n) is 5.58. The average molecular weight is 148 g/mol. The van der Waals surface area contributed by atoms with Crippen LogP contribution in [0, 0.1) is 0 Å². The first-order chi connectivity index (χ1) is 4.69. The van der Waals surface area contributed by atoms with Crippen molar-refractivity contribution in [2.24, 2.45) is 5.73 Å². The Morgan fingerprint density at radius 1 is 1.80 bits per heavy atom. The van der Waals surface area contributed by atoms with Crippen LogP contribution < -0.4 is 11.1 Å². The Balaban J connectivity index is 2.49. The van der Waals surface area contributed by atoms with Gasteiger partial charge in [0.25, 0.3) is 0 Å². The zero-order chi connectivity index (χ0) is 7.61. The summed E-state index contributed by atoms with van der Waals surface area (Å²) in [6, 6.07) is 0. The summed E-state index contributed by atoms with van der Waals surface area (Å²) >= 11 is 0. The van der Waals surface area contributed by atoms with Crippen LogP contribution in [-0.4, -0.2) is 41.9 Å². The van der Waals surface area contributed by atoms with Gasteiger partial charge in [-0.3, -0.25) is 5.32 Å². The Kier molecular flexibility index (Phi) is 2.22. The molecular formula is C5H12N2O3. The van der Waals surface area contributed by atoms with Crippen molar-refractivity contribution < 1.29 is 14.9 Å². The molecule has 5 nitrogen and oxygen atoms in total. The Hall–Kier alpha value is -0.200. The number of rotatable bonds is 2. The summed E-state index contributed by atoms with van der Waals surface area (Å²) in [6.07, 6.45) is -1.01. The van der Waals surface area contributed by atoms with Crippen molar-refractivity contribution in [3.63, 3.8) is 0 Å². The molecule has 1 aliphatic rings. The summed E-state index contributed by atoms with van der Waals surface area (Å²) in [5, 5.41) is 20.4. The molecule has 60 valence electrons. The number of hydrogen-bond donors (Lipinski definition) is 4. The van der Waals surface area contributed by atoms with E-state index in [2.05, 4.69) is 5.32 Å². The van der Waals surface area contributed by atoms with Gasteiger partial charge in [-0.1, -0.05) is 0 Å². The molecule has 5 heteroatoms. The molecule has 0 unspecified atom stereocenters. The van der Waals surface area contributed by atoms with Crippen LogP contribution in [0.1, 0.15) is 0 Å². The van der Waals surface area contributed by atoms with Gasteiger partial charge < -0.3 is 20.7 Å². The Bertz CT molecular complexity index is 113. The number of ether oxygens (including phenoxy) is 1. The van der Waals surface area contributed by atoms with Gasteiger partial charge in [-0.15, -0.1) is 0 Å². The minimum Gasteiger partial charge on any atom is -0.394 e. The number of hydrogen-bond acceptors (Lipinski definition) is 5. The van der Waals surface area contributed by atoms with E-state index in [9.17, 15) is 0 Å². The molecule has 1 rings (SSSR count). The van der Waals surface area contributed by atoms with Crippen LogP contribution in [0.25, 0.3) is 0 Å². The van der Waals surface area contributed by atoms with Crippen LogP contribution in [0.3, 0.4) is 0 Å². The van der Waals surface area contributed by atoms with E-state index in [1.54, 1.807) is 0 Å². The Labute approximate surface area is 58.8 Å². The summed E-state index contributed by atoms with van der Waals surface area (Å²) in [5.41, 5.74) is 4.42. The van der Waals surface area contributed by atoms with Crippen molar-refractivity contribution in [1.29, 1.82) is 0 Å². The van der Waals surface area contributed by atoms with Crippen LogP contribution in [0.15, 0.2) is 0 Å². The van der Waals surface area contributed by atoms with E-state index in [0.717, 1.165) is 0 Å². The van der Waals surface area contributed by atoms with Crippen molar-refractivity contribution in [2.75, 3.05) is 19.9 Å². The predicted molar refractivity (Wildman–Crippen MR) is 34.0 cm³/mol. The zero-order valence-corrected chi connectivity index (χ0v) is 5.58. The number of aliphatic hydroxyl groups excluding tert-OH is 2. The molecule has 1 fully saturated rings. The van der Waals surface area contributed by atoms with E-state index in [1.807, 2.05) is 0 Å². The molecule has 5 N–H and O–H groups in total. The van der Waals surface area contributed by atoms with Crippen molar-refractivity contribution in [3.8, 4) is 0 Å². The SMILES string of the molecule is N[C@@]1([C@@H](O)CO)CNCO1. The van der Waals surface area contributed by atoms with Gasteiger partial charge in [0.05, 0.1) is 13.3 Å². The van der Waals surface area contributed by atoms with Crippen molar-refractivity contribution in [2.45, 2.75) is 11.8 Å². The summed E-state index contributed by atoms with van der Waals surface area (Å²) in [4.78, 5) is 0. The summed E-state index contributed by atoms with van der Waals surface area (Å²) < 4.78 is 4.95. The standard InChI is InChI=1S/C5H12N2O3/c6-5(4(9)1-8)2-7-3-10-5/h4,7-9H,1-3,6H2/t4-,5-/m0/s1. The Morgan fingerprint density at radius 2 is 2.50 bits per heavy atom. The third-order valence-electron chi connectivity index (χ3n) is 1.58. The normalized spacial score (nSPS) is 36.3. The Morgan fingerprint density at radius 3 is 2.90 bits per heavy atom. The lowest BCUT2D eigenvalue weighted by molar-refractivity contribution is -0.0969. The van der Waals surface area contributed by atoms with Gasteiger partial charge in [0.15, 0.2) is 5.72 Å². The second-order valence-corrected chi connectivity index (χ2v) is 2.37. The van der Waals surface area contributed by atoms with Crippen molar-refractivity contribution >= 4 is 0 Å². The highest BCUT2D eigenvalue weighted by Gasteiger charge is 2.37. The molecule has 0 aromatic heterocycles. The van der Waals surface area contributed by atoms with Gasteiger partial charge >= 0.3 is 0 Å². The van der Waals surface area contributed by atoms with Gasteiger partial charge in [0, 0.05) is 6.54 Å². The van der Waals surface area contributed by atoms with E-state index >= 15 is 0 Å². The molecule has 0 amide bonds. The third-order valence-corrected chi connectivity index (χ3v) is 1.58. The second kappa shape index (κ2) is 2.81. The van der Waals surface area contributed by atoms with Gasteiger partial charge in [-0.2, -0.15) is 0 Å². The predicted octanol–water partition coefficient (Wildman–Crippen LogP) is -2.43. The highest BCUT2D eigenvalue weighted by Crippen LogP contribution is 2.11. The fourth-order valence-corrected chi connectivity index (χ4v) is 0.851. The minimum absolute atomic E-state index is 0.327. The molecule has 1 saturated heterocycles. The van der Waals surface area contributed by atoms with Crippen molar-refractivity contribution in [1.82, 2.24) is 5.32 Å². The maximum Gasteiger partial charge on any atom is 0.159 e. The maximum atomic E-state index is 9.08. The highest BCUT2D eigenvalue weighted by atomic mass is 16.5. The molecule has 0 radical (unpaired) electrons. The van der Waals surface area contributed by atoms with Crippen LogP contribution in [0.2, 0.25) is 0 Å². The van der Waals surface area contributed by atoms with Crippen LogP contribution in [-0.2, 0) is 4.74 Å². The van der Waals surface area contributed by atoms with E-state index in [1.165, 1.54) is 0 Å². The quantitative estimate of drug-likeness (QED) is 0.350. The molecule has 0 aliphatic carbocycles. The molecule has 0 aromatic rings. The van der Waals surface area contributed by atoms with Gasteiger partial charge in [0.1, 0.15) is 6.10 Å². The van der Waals surface area contributed by atoms with Crippen molar-refractivity contribution in [3.05, 3.63) is 0 Å². The number of aliphatic hydroxyl groups is 2. The average Bonchev–Trinajstić information content (AvgIpc) is 2.36. The lowest BCUT2D eigenvalue weighted by Gasteiger charge is -2.26. The first kappa shape index (κ1) is 7.90. The summed E-state index contributed by atoms with van der Waals surface area (Å²) in [7, 11) is 0. The van der Waals surface area contributed by atoms with Gasteiger partial charge in [-0.05, 0) is 0 Å². The van der Waals surface area contributed by atoms with Crippen LogP contribution >= 0.6 is 0 Å². The first-order valence-corrected chi connectivity index (χ1v) is 3.11. The maximum absolute atomic E-state index is 9.08. The molecule has 2 atom stereocenters. The molecular weight excluding hydrogens is 136 g/mol. The first-order valence-electron chi connectivity index (χ1n) is 3.11. The van der Waals surface area contributed by atoms with E-state index in [-0.39, 0.29) is 6.61 Å². The molecule has 1 heterocycles. The molecule has 0 bridgehead atoms. The fraction of sp³-hybridized carbons (Fsp3) is 1.00. The van der Waals surface area contributed by atoms with Crippen LogP contribution in [0.5, 0.6) is 0 Å². The summed E-state index contributed by atoms with van der Waals surface area (Å²) in [5.74, 6) is 0. The van der Waals surface area contributed by atoms with E-state index in [4.69, 9.17) is 20.7 Å². The molecule has 0 saturated carbocycles. The lowest BCUT2D eigenvalue weighted by atomic mass is 10.1. The van der Waals surface area contributed by atoms with Gasteiger partial charge in [-0.25, -0.2) is 0 Å². The highest BCUT2D eigenvalue weighted by molar-refractivity contribution is 4.87. The number of nitrogens with two attached hydrogens (primary N) is 1. The fourth-order valence-electron chi connectivity index (χ4n) is 0.851. The smallest absolute Gasteiger partial charge is 0.159 e. The lowest BCUT2D eigenvalue weighted by Crippen LogP contribution is -2.55. The molecule has 1 aliphatic heterocycles. The minimum atomic E-state index is -1.10. The largest absolute Gasteiger partial charge is 0.394 e. The van der Waals surface area contributed by atoms with Crippen LogP contribution in [0.4, 0.5) is 0 Å². The second-order valence-electron chi connectivity index (χ2n) is 2.37. The molecule has 10 heavy (non-hydrogen) atoms. The molecule has 0 spiro atoms. The number of nitrogens with one attached hydrogen (secondary N) is 1. The molecule has 0 aromatic carbocycles.